The quantitative estimate of drug-likeness (QED) is 0.758. The summed E-state index contributed by atoms with van der Waals surface area (Å²) in [4.78, 5) is 2.47. The van der Waals surface area contributed by atoms with Crippen molar-refractivity contribution in [2.75, 3.05) is 19.6 Å². The average Bonchev–Trinajstić information content (AvgIpc) is 2.43. The summed E-state index contributed by atoms with van der Waals surface area (Å²) in [5.74, 6) is 0. The van der Waals surface area contributed by atoms with Crippen LogP contribution in [0, 0.1) is 0 Å². The highest BCUT2D eigenvalue weighted by atomic mass is 15.1. The molecule has 1 rings (SSSR count). The second-order valence-electron chi connectivity index (χ2n) is 4.93. The van der Waals surface area contributed by atoms with Crippen molar-refractivity contribution < 1.29 is 0 Å². The van der Waals surface area contributed by atoms with Crippen LogP contribution in [0.15, 0.2) is 30.3 Å². The Bertz CT molecular complexity index is 306. The molecule has 102 valence electrons. The first-order valence-corrected chi connectivity index (χ1v) is 7.24. The zero-order chi connectivity index (χ0) is 13.4. The minimum absolute atomic E-state index is 0.469. The fourth-order valence-electron chi connectivity index (χ4n) is 2.40. The number of likely N-dealkylation sites (N-methyl/N-ethyl adjacent to an activating group) is 1. The van der Waals surface area contributed by atoms with E-state index in [1.165, 1.54) is 5.56 Å². The van der Waals surface area contributed by atoms with Crippen LogP contribution >= 0.6 is 0 Å². The molecule has 1 N–H and O–H groups in total. The maximum atomic E-state index is 3.74. The van der Waals surface area contributed by atoms with Crippen LogP contribution < -0.4 is 5.32 Å². The van der Waals surface area contributed by atoms with Crippen LogP contribution in [0.5, 0.6) is 0 Å². The smallest absolute Gasteiger partial charge is 0.0320 e. The van der Waals surface area contributed by atoms with Gasteiger partial charge in [-0.3, -0.25) is 0 Å². The summed E-state index contributed by atoms with van der Waals surface area (Å²) >= 11 is 0. The lowest BCUT2D eigenvalue weighted by Gasteiger charge is -2.27. The van der Waals surface area contributed by atoms with E-state index in [9.17, 15) is 0 Å². The predicted octanol–water partition coefficient (Wildman–Crippen LogP) is 3.46. The fourth-order valence-corrected chi connectivity index (χ4v) is 2.40. The zero-order valence-corrected chi connectivity index (χ0v) is 12.3. The molecule has 0 amide bonds. The Kier molecular flexibility index (Phi) is 6.99. The molecule has 0 aliphatic heterocycles. The van der Waals surface area contributed by atoms with Gasteiger partial charge in [0.2, 0.25) is 0 Å². The summed E-state index contributed by atoms with van der Waals surface area (Å²) in [6.07, 6.45) is 1.13. The molecule has 2 nitrogen and oxygen atoms in total. The first-order chi connectivity index (χ1) is 8.71. The topological polar surface area (TPSA) is 15.3 Å². The number of rotatable bonds is 8. The molecule has 0 bridgehead atoms. The first-order valence-electron chi connectivity index (χ1n) is 7.24. The van der Waals surface area contributed by atoms with E-state index in [2.05, 4.69) is 68.2 Å². The molecule has 2 unspecified atom stereocenters. The number of hydrogen-bond donors (Lipinski definition) is 1. The molecule has 0 aromatic heterocycles. The van der Waals surface area contributed by atoms with Gasteiger partial charge in [-0.05, 0) is 32.0 Å². The summed E-state index contributed by atoms with van der Waals surface area (Å²) in [6, 6.07) is 11.7. The van der Waals surface area contributed by atoms with Crippen LogP contribution in [-0.4, -0.2) is 30.6 Å². The van der Waals surface area contributed by atoms with Crippen LogP contribution in [0.2, 0.25) is 0 Å². The summed E-state index contributed by atoms with van der Waals surface area (Å²) in [5.41, 5.74) is 1.39. The standard InChI is InChI=1S/C16H28N2/c1-5-16(15-11-9-8-10-12-15)17-14(4)13-18(6-2)7-3/h8-12,14,16-17H,5-7,13H2,1-4H3. The lowest BCUT2D eigenvalue weighted by atomic mass is 10.0. The molecule has 0 aliphatic carbocycles. The highest BCUT2D eigenvalue weighted by molar-refractivity contribution is 5.18. The first kappa shape index (κ1) is 15.2. The number of benzene rings is 1. The molecule has 1 aromatic carbocycles. The highest BCUT2D eigenvalue weighted by Crippen LogP contribution is 2.16. The second-order valence-corrected chi connectivity index (χ2v) is 4.93. The van der Waals surface area contributed by atoms with Gasteiger partial charge in [-0.1, -0.05) is 51.1 Å². The van der Waals surface area contributed by atoms with Gasteiger partial charge in [0.25, 0.3) is 0 Å². The number of hydrogen-bond acceptors (Lipinski definition) is 2. The Morgan fingerprint density at radius 1 is 1.06 bits per heavy atom. The van der Waals surface area contributed by atoms with Crippen LogP contribution in [0.3, 0.4) is 0 Å². The van der Waals surface area contributed by atoms with Crippen LogP contribution in [0.4, 0.5) is 0 Å². The Hall–Kier alpha value is -0.860. The molecule has 0 saturated heterocycles. The third-order valence-corrected chi connectivity index (χ3v) is 3.52. The van der Waals surface area contributed by atoms with Crippen molar-refractivity contribution in [2.24, 2.45) is 0 Å². The van der Waals surface area contributed by atoms with Crippen LogP contribution in [0.25, 0.3) is 0 Å². The maximum Gasteiger partial charge on any atom is 0.0320 e. The minimum Gasteiger partial charge on any atom is -0.306 e. The Labute approximate surface area is 112 Å². The van der Waals surface area contributed by atoms with E-state index < -0.39 is 0 Å². The van der Waals surface area contributed by atoms with Crippen molar-refractivity contribution in [1.29, 1.82) is 0 Å². The van der Waals surface area contributed by atoms with E-state index in [-0.39, 0.29) is 0 Å². The SMILES string of the molecule is CCC(NC(C)CN(CC)CC)c1ccccc1. The van der Waals surface area contributed by atoms with E-state index >= 15 is 0 Å². The summed E-state index contributed by atoms with van der Waals surface area (Å²) in [6.45, 7) is 12.4. The Morgan fingerprint density at radius 3 is 2.17 bits per heavy atom. The van der Waals surface area contributed by atoms with E-state index in [0.29, 0.717) is 12.1 Å². The highest BCUT2D eigenvalue weighted by Gasteiger charge is 2.13. The molecule has 0 aliphatic rings. The zero-order valence-electron chi connectivity index (χ0n) is 12.3. The van der Waals surface area contributed by atoms with Gasteiger partial charge in [0.1, 0.15) is 0 Å². The van der Waals surface area contributed by atoms with Crippen molar-refractivity contribution >= 4 is 0 Å². The summed E-state index contributed by atoms with van der Waals surface area (Å²) < 4.78 is 0. The Balaban J connectivity index is 2.53. The minimum atomic E-state index is 0.469. The van der Waals surface area contributed by atoms with Gasteiger partial charge >= 0.3 is 0 Å². The molecular weight excluding hydrogens is 220 g/mol. The van der Waals surface area contributed by atoms with Gasteiger partial charge in [0.15, 0.2) is 0 Å². The normalized spacial score (nSPS) is 14.7. The monoisotopic (exact) mass is 248 g/mol. The third kappa shape index (κ3) is 4.79. The van der Waals surface area contributed by atoms with Crippen LogP contribution in [0.1, 0.15) is 45.7 Å². The lowest BCUT2D eigenvalue weighted by molar-refractivity contribution is 0.260. The molecular formula is C16H28N2. The van der Waals surface area contributed by atoms with Gasteiger partial charge in [0.05, 0.1) is 0 Å². The van der Waals surface area contributed by atoms with Crippen LogP contribution in [-0.2, 0) is 0 Å². The van der Waals surface area contributed by atoms with E-state index in [4.69, 9.17) is 0 Å². The van der Waals surface area contributed by atoms with E-state index in [1.807, 2.05) is 0 Å². The van der Waals surface area contributed by atoms with Gasteiger partial charge in [-0.2, -0.15) is 0 Å². The van der Waals surface area contributed by atoms with E-state index in [0.717, 1.165) is 26.1 Å². The van der Waals surface area contributed by atoms with Crippen molar-refractivity contribution in [3.05, 3.63) is 35.9 Å². The summed E-state index contributed by atoms with van der Waals surface area (Å²) in [5, 5.41) is 3.74. The van der Waals surface area contributed by atoms with E-state index in [1.54, 1.807) is 0 Å². The molecule has 2 atom stereocenters. The molecule has 1 aromatic rings. The molecule has 0 heterocycles. The maximum absolute atomic E-state index is 3.74. The number of nitrogens with zero attached hydrogens (tertiary/aromatic N) is 1. The molecule has 2 heteroatoms. The predicted molar refractivity (Wildman–Crippen MR) is 79.9 cm³/mol. The molecule has 18 heavy (non-hydrogen) atoms. The van der Waals surface area contributed by atoms with Gasteiger partial charge in [-0.25, -0.2) is 0 Å². The van der Waals surface area contributed by atoms with Gasteiger partial charge in [-0.15, -0.1) is 0 Å². The largest absolute Gasteiger partial charge is 0.306 e. The second kappa shape index (κ2) is 8.28. The fraction of sp³-hybridized carbons (Fsp3) is 0.625. The average molecular weight is 248 g/mol. The van der Waals surface area contributed by atoms with Crippen molar-refractivity contribution in [1.82, 2.24) is 10.2 Å². The van der Waals surface area contributed by atoms with Gasteiger partial charge < -0.3 is 10.2 Å². The summed E-state index contributed by atoms with van der Waals surface area (Å²) in [7, 11) is 0. The third-order valence-electron chi connectivity index (χ3n) is 3.52. The number of nitrogens with one attached hydrogen (secondary N) is 1. The molecule has 0 fully saturated rings. The Morgan fingerprint density at radius 2 is 1.67 bits per heavy atom. The van der Waals surface area contributed by atoms with Crippen molar-refractivity contribution in [3.8, 4) is 0 Å². The van der Waals surface area contributed by atoms with Crippen molar-refractivity contribution in [3.63, 3.8) is 0 Å². The molecule has 0 spiro atoms. The lowest BCUT2D eigenvalue weighted by Crippen LogP contribution is -2.40. The van der Waals surface area contributed by atoms with Crippen molar-refractivity contribution in [2.45, 2.75) is 46.2 Å². The molecule has 0 radical (unpaired) electrons. The van der Waals surface area contributed by atoms with Gasteiger partial charge in [0, 0.05) is 18.6 Å². The molecule has 0 saturated carbocycles.